The van der Waals surface area contributed by atoms with Gasteiger partial charge in [-0.25, -0.2) is 0 Å². The Balaban J connectivity index is 1.69. The predicted octanol–water partition coefficient (Wildman–Crippen LogP) is 0.910. The van der Waals surface area contributed by atoms with Crippen molar-refractivity contribution < 1.29 is 4.74 Å². The summed E-state index contributed by atoms with van der Waals surface area (Å²) < 4.78 is 7.39. The molecule has 0 aliphatic carbocycles. The number of rotatable bonds is 4. The van der Waals surface area contributed by atoms with Crippen LogP contribution >= 0.6 is 11.6 Å². The first-order valence-corrected chi connectivity index (χ1v) is 7.08. The first-order chi connectivity index (χ1) is 9.76. The highest BCUT2D eigenvalue weighted by Crippen LogP contribution is 2.15. The number of ether oxygens (including phenoxy) is 1. The molecular weight excluding hydrogens is 280 g/mol. The van der Waals surface area contributed by atoms with Crippen molar-refractivity contribution >= 4 is 23.2 Å². The van der Waals surface area contributed by atoms with Gasteiger partial charge in [-0.3, -0.25) is 4.90 Å². The topological polar surface area (TPSA) is 67.6 Å². The van der Waals surface area contributed by atoms with Gasteiger partial charge in [0.25, 0.3) is 5.78 Å². The van der Waals surface area contributed by atoms with E-state index >= 15 is 0 Å². The molecule has 1 fully saturated rings. The fourth-order valence-electron chi connectivity index (χ4n) is 2.32. The lowest BCUT2D eigenvalue weighted by molar-refractivity contribution is -0.0192. The smallest absolute Gasteiger partial charge is 0.255 e. The van der Waals surface area contributed by atoms with Gasteiger partial charge in [0, 0.05) is 25.7 Å². The van der Waals surface area contributed by atoms with Crippen LogP contribution in [0.5, 0.6) is 0 Å². The van der Waals surface area contributed by atoms with Crippen molar-refractivity contribution in [3.63, 3.8) is 0 Å². The lowest BCUT2D eigenvalue weighted by Gasteiger charge is -2.32. The highest BCUT2D eigenvalue weighted by atomic mass is 35.5. The van der Waals surface area contributed by atoms with E-state index in [0.717, 1.165) is 32.1 Å². The fraction of sp³-hybridized carbons (Fsp3) is 0.583. The highest BCUT2D eigenvalue weighted by molar-refractivity contribution is 6.29. The van der Waals surface area contributed by atoms with Crippen molar-refractivity contribution in [2.45, 2.75) is 13.0 Å². The number of fused-ring (bicyclic) bond motifs is 1. The number of nitrogens with zero attached hydrogens (tertiary/aromatic N) is 5. The van der Waals surface area contributed by atoms with Crippen molar-refractivity contribution in [2.24, 2.45) is 0 Å². The molecule has 7 nitrogen and oxygen atoms in total. The molecule has 1 N–H and O–H groups in total. The van der Waals surface area contributed by atoms with Gasteiger partial charge in [0.15, 0.2) is 0 Å². The predicted molar refractivity (Wildman–Crippen MR) is 76.1 cm³/mol. The van der Waals surface area contributed by atoms with Crippen LogP contribution in [0.15, 0.2) is 12.4 Å². The van der Waals surface area contributed by atoms with E-state index in [1.54, 1.807) is 10.6 Å². The molecule has 1 saturated heterocycles. The van der Waals surface area contributed by atoms with Gasteiger partial charge in [-0.05, 0) is 6.54 Å². The summed E-state index contributed by atoms with van der Waals surface area (Å²) in [5.74, 6) is 1.26. The number of nitrogens with one attached hydrogen (secondary N) is 1. The SMILES string of the molecule is CCN1CCOC(CNc2cc(Cl)nc3ncnn23)C1. The van der Waals surface area contributed by atoms with Gasteiger partial charge >= 0.3 is 0 Å². The second-order valence-electron chi connectivity index (χ2n) is 4.70. The van der Waals surface area contributed by atoms with Crippen LogP contribution in [0.25, 0.3) is 5.78 Å². The van der Waals surface area contributed by atoms with E-state index in [0.29, 0.717) is 17.5 Å². The summed E-state index contributed by atoms with van der Waals surface area (Å²) in [6.45, 7) is 6.62. The average molecular weight is 297 g/mol. The fourth-order valence-corrected chi connectivity index (χ4v) is 2.50. The second kappa shape index (κ2) is 5.90. The van der Waals surface area contributed by atoms with E-state index < -0.39 is 0 Å². The van der Waals surface area contributed by atoms with Crippen LogP contribution in [0, 0.1) is 0 Å². The van der Waals surface area contributed by atoms with Crippen molar-refractivity contribution in [3.8, 4) is 0 Å². The van der Waals surface area contributed by atoms with Crippen LogP contribution in [0.3, 0.4) is 0 Å². The molecule has 20 heavy (non-hydrogen) atoms. The van der Waals surface area contributed by atoms with E-state index in [2.05, 4.69) is 32.2 Å². The Kier molecular flexibility index (Phi) is 4.00. The Hall–Kier alpha value is -1.44. The van der Waals surface area contributed by atoms with Crippen molar-refractivity contribution in [2.75, 3.05) is 38.1 Å². The molecule has 3 rings (SSSR count). The summed E-state index contributed by atoms with van der Waals surface area (Å²) in [5.41, 5.74) is 0. The zero-order chi connectivity index (χ0) is 13.9. The summed E-state index contributed by atoms with van der Waals surface area (Å²) in [5, 5.41) is 7.83. The number of anilines is 1. The van der Waals surface area contributed by atoms with Crippen molar-refractivity contribution in [1.82, 2.24) is 24.5 Å². The lowest BCUT2D eigenvalue weighted by Crippen LogP contribution is -2.45. The zero-order valence-corrected chi connectivity index (χ0v) is 12.0. The van der Waals surface area contributed by atoms with E-state index in [9.17, 15) is 0 Å². The normalized spacial score (nSPS) is 20.4. The van der Waals surface area contributed by atoms with Gasteiger partial charge in [-0.2, -0.15) is 19.6 Å². The van der Waals surface area contributed by atoms with E-state index in [-0.39, 0.29) is 6.10 Å². The molecule has 8 heteroatoms. The molecule has 3 heterocycles. The minimum absolute atomic E-state index is 0.161. The summed E-state index contributed by atoms with van der Waals surface area (Å²) in [6, 6.07) is 1.74. The molecule has 0 radical (unpaired) electrons. The average Bonchev–Trinajstić information content (AvgIpc) is 2.93. The Bertz CT molecular complexity index is 588. The maximum atomic E-state index is 5.98. The first kappa shape index (κ1) is 13.5. The quantitative estimate of drug-likeness (QED) is 0.846. The number of hydrogen-bond acceptors (Lipinski definition) is 6. The molecule has 2 aromatic heterocycles. The number of hydrogen-bond donors (Lipinski definition) is 1. The standard InChI is InChI=1S/C12H17ClN6O/c1-2-18-3-4-20-9(7-18)6-14-11-5-10(13)17-12-15-8-16-19(11)12/h5,8-9,14H,2-4,6-7H2,1H3. The number of aromatic nitrogens is 4. The van der Waals surface area contributed by atoms with Crippen LogP contribution in [0.1, 0.15) is 6.92 Å². The number of morpholine rings is 1. The molecule has 1 atom stereocenters. The third-order valence-corrected chi connectivity index (χ3v) is 3.60. The van der Waals surface area contributed by atoms with E-state index in [1.165, 1.54) is 6.33 Å². The molecule has 0 saturated carbocycles. The second-order valence-corrected chi connectivity index (χ2v) is 5.09. The number of halogens is 1. The van der Waals surface area contributed by atoms with Gasteiger partial charge in [0.05, 0.1) is 12.7 Å². The molecule has 0 amide bonds. The Morgan fingerprint density at radius 1 is 1.55 bits per heavy atom. The summed E-state index contributed by atoms with van der Waals surface area (Å²) in [7, 11) is 0. The third-order valence-electron chi connectivity index (χ3n) is 3.40. The Morgan fingerprint density at radius 3 is 3.30 bits per heavy atom. The molecule has 0 spiro atoms. The highest BCUT2D eigenvalue weighted by Gasteiger charge is 2.19. The Labute approximate surface area is 121 Å². The van der Waals surface area contributed by atoms with Crippen LogP contribution in [-0.4, -0.2) is 63.4 Å². The molecule has 1 aliphatic heterocycles. The van der Waals surface area contributed by atoms with Gasteiger partial charge in [-0.15, -0.1) is 0 Å². The molecule has 0 bridgehead atoms. The number of likely N-dealkylation sites (N-methyl/N-ethyl adjacent to an activating group) is 1. The summed E-state index contributed by atoms with van der Waals surface area (Å²) in [6.07, 6.45) is 1.62. The van der Waals surface area contributed by atoms with Gasteiger partial charge in [-0.1, -0.05) is 18.5 Å². The zero-order valence-electron chi connectivity index (χ0n) is 11.3. The van der Waals surface area contributed by atoms with Gasteiger partial charge in [0.2, 0.25) is 0 Å². The maximum Gasteiger partial charge on any atom is 0.255 e. The van der Waals surface area contributed by atoms with Crippen LogP contribution in [0.4, 0.5) is 5.82 Å². The van der Waals surface area contributed by atoms with Gasteiger partial charge < -0.3 is 10.1 Å². The summed E-state index contributed by atoms with van der Waals surface area (Å²) >= 11 is 5.98. The molecule has 1 unspecified atom stereocenters. The maximum absolute atomic E-state index is 5.98. The minimum atomic E-state index is 0.161. The van der Waals surface area contributed by atoms with Crippen molar-refractivity contribution in [1.29, 1.82) is 0 Å². The molecule has 0 aromatic carbocycles. The lowest BCUT2D eigenvalue weighted by atomic mass is 10.2. The largest absolute Gasteiger partial charge is 0.374 e. The molecule has 108 valence electrons. The van der Waals surface area contributed by atoms with E-state index in [1.807, 2.05) is 0 Å². The van der Waals surface area contributed by atoms with Gasteiger partial charge in [0.1, 0.15) is 17.3 Å². The van der Waals surface area contributed by atoms with E-state index in [4.69, 9.17) is 16.3 Å². The van der Waals surface area contributed by atoms with Crippen LogP contribution < -0.4 is 5.32 Å². The third kappa shape index (κ3) is 2.84. The minimum Gasteiger partial charge on any atom is -0.374 e. The van der Waals surface area contributed by atoms with Crippen molar-refractivity contribution in [3.05, 3.63) is 17.5 Å². The van der Waals surface area contributed by atoms with Crippen LogP contribution in [-0.2, 0) is 4.74 Å². The molecule has 1 aliphatic rings. The molecule has 2 aromatic rings. The summed E-state index contributed by atoms with van der Waals surface area (Å²) in [4.78, 5) is 10.5. The van der Waals surface area contributed by atoms with Crippen LogP contribution in [0.2, 0.25) is 5.15 Å². The first-order valence-electron chi connectivity index (χ1n) is 6.70. The molecular formula is C12H17ClN6O. The Morgan fingerprint density at radius 2 is 2.45 bits per heavy atom. The monoisotopic (exact) mass is 296 g/mol.